The maximum Gasteiger partial charge on any atom is 0.162 e. The quantitative estimate of drug-likeness (QED) is 0.667. The molecule has 0 heterocycles. The lowest BCUT2D eigenvalue weighted by Crippen LogP contribution is -1.89. The number of halogens is 2. The SMILES string of the molecule is ClCOc1cccc(CCl)c1. The van der Waals surface area contributed by atoms with Crippen LogP contribution >= 0.6 is 23.2 Å². The zero-order chi connectivity index (χ0) is 8.10. The van der Waals surface area contributed by atoms with Crippen molar-refractivity contribution in [1.29, 1.82) is 0 Å². The summed E-state index contributed by atoms with van der Waals surface area (Å²) >= 11 is 11.0. The highest BCUT2D eigenvalue weighted by Crippen LogP contribution is 2.14. The van der Waals surface area contributed by atoms with Crippen LogP contribution in [0.25, 0.3) is 0 Å². The second kappa shape index (κ2) is 4.47. The molecule has 0 N–H and O–H groups in total. The number of benzene rings is 1. The first-order valence-corrected chi connectivity index (χ1v) is 4.27. The molecule has 11 heavy (non-hydrogen) atoms. The first kappa shape index (κ1) is 8.69. The van der Waals surface area contributed by atoms with Gasteiger partial charge in [0.05, 0.1) is 0 Å². The van der Waals surface area contributed by atoms with E-state index >= 15 is 0 Å². The van der Waals surface area contributed by atoms with Gasteiger partial charge in [-0.2, -0.15) is 0 Å². The van der Waals surface area contributed by atoms with Crippen molar-refractivity contribution in [2.24, 2.45) is 0 Å². The fourth-order valence-corrected chi connectivity index (χ4v) is 1.07. The molecule has 1 rings (SSSR count). The minimum absolute atomic E-state index is 0.172. The third-order valence-corrected chi connectivity index (χ3v) is 1.69. The third-order valence-electron chi connectivity index (χ3n) is 1.27. The minimum Gasteiger partial charge on any atom is -0.478 e. The Hall–Kier alpha value is -0.400. The van der Waals surface area contributed by atoms with Gasteiger partial charge in [0, 0.05) is 5.88 Å². The molecule has 1 nitrogen and oxygen atoms in total. The van der Waals surface area contributed by atoms with Crippen molar-refractivity contribution in [2.75, 3.05) is 6.07 Å². The molecule has 1 aromatic rings. The molecule has 0 aliphatic carbocycles. The van der Waals surface area contributed by atoms with E-state index in [4.69, 9.17) is 27.9 Å². The summed E-state index contributed by atoms with van der Waals surface area (Å²) in [6.07, 6.45) is 0. The average Bonchev–Trinajstić information content (AvgIpc) is 2.06. The van der Waals surface area contributed by atoms with Gasteiger partial charge in [-0.3, -0.25) is 0 Å². The first-order valence-electron chi connectivity index (χ1n) is 3.20. The number of alkyl halides is 2. The van der Waals surface area contributed by atoms with E-state index in [1.165, 1.54) is 0 Å². The highest BCUT2D eigenvalue weighted by atomic mass is 35.5. The van der Waals surface area contributed by atoms with Gasteiger partial charge >= 0.3 is 0 Å². The maximum atomic E-state index is 5.61. The molecule has 0 aliphatic rings. The van der Waals surface area contributed by atoms with Crippen LogP contribution in [0.4, 0.5) is 0 Å². The molecule has 0 saturated carbocycles. The van der Waals surface area contributed by atoms with Gasteiger partial charge in [0.1, 0.15) is 5.75 Å². The van der Waals surface area contributed by atoms with Gasteiger partial charge in [-0.05, 0) is 17.7 Å². The van der Waals surface area contributed by atoms with Gasteiger partial charge < -0.3 is 4.74 Å². The summed E-state index contributed by atoms with van der Waals surface area (Å²) in [5.74, 6) is 1.26. The Morgan fingerprint density at radius 2 is 2.09 bits per heavy atom. The van der Waals surface area contributed by atoms with Crippen molar-refractivity contribution >= 4 is 23.2 Å². The largest absolute Gasteiger partial charge is 0.478 e. The molecule has 3 heteroatoms. The van der Waals surface area contributed by atoms with Crippen LogP contribution in [0.2, 0.25) is 0 Å². The van der Waals surface area contributed by atoms with Crippen LogP contribution in [0.3, 0.4) is 0 Å². The highest BCUT2D eigenvalue weighted by molar-refractivity contribution is 6.17. The Morgan fingerprint density at radius 1 is 1.27 bits per heavy atom. The molecular weight excluding hydrogens is 183 g/mol. The summed E-state index contributed by atoms with van der Waals surface area (Å²) < 4.78 is 5.06. The number of ether oxygens (including phenoxy) is 1. The second-order valence-electron chi connectivity index (χ2n) is 2.03. The smallest absolute Gasteiger partial charge is 0.162 e. The third kappa shape index (κ3) is 2.60. The molecule has 0 radical (unpaired) electrons. The van der Waals surface area contributed by atoms with Gasteiger partial charge in [0.2, 0.25) is 0 Å². The fourth-order valence-electron chi connectivity index (χ4n) is 0.781. The zero-order valence-electron chi connectivity index (χ0n) is 5.89. The Kier molecular flexibility index (Phi) is 3.53. The topological polar surface area (TPSA) is 9.23 Å². The Labute approximate surface area is 75.9 Å². The highest BCUT2D eigenvalue weighted by Gasteiger charge is 1.93. The molecule has 0 atom stereocenters. The molecule has 0 aliphatic heterocycles. The molecule has 0 saturated heterocycles. The predicted octanol–water partition coefficient (Wildman–Crippen LogP) is 3.00. The van der Waals surface area contributed by atoms with Crippen LogP contribution in [-0.2, 0) is 5.88 Å². The van der Waals surface area contributed by atoms with Crippen molar-refractivity contribution in [3.05, 3.63) is 29.8 Å². The van der Waals surface area contributed by atoms with E-state index in [1.807, 2.05) is 24.3 Å². The molecular formula is C8H8Cl2O. The van der Waals surface area contributed by atoms with Gasteiger partial charge in [-0.1, -0.05) is 23.7 Å². The molecule has 0 amide bonds. The van der Waals surface area contributed by atoms with Crippen molar-refractivity contribution < 1.29 is 4.74 Å². The van der Waals surface area contributed by atoms with E-state index in [9.17, 15) is 0 Å². The molecule has 0 unspecified atom stereocenters. The summed E-state index contributed by atoms with van der Waals surface area (Å²) in [5, 5.41) is 0. The molecule has 0 aromatic heterocycles. The van der Waals surface area contributed by atoms with Crippen molar-refractivity contribution in [1.82, 2.24) is 0 Å². The van der Waals surface area contributed by atoms with E-state index < -0.39 is 0 Å². The summed E-state index contributed by atoms with van der Waals surface area (Å²) in [4.78, 5) is 0. The van der Waals surface area contributed by atoms with Crippen molar-refractivity contribution in [2.45, 2.75) is 5.88 Å². The second-order valence-corrected chi connectivity index (χ2v) is 2.52. The first-order chi connectivity index (χ1) is 5.36. The summed E-state index contributed by atoms with van der Waals surface area (Å²) in [6.45, 7) is 0. The van der Waals surface area contributed by atoms with Crippen molar-refractivity contribution in [3.8, 4) is 5.75 Å². The van der Waals surface area contributed by atoms with Gasteiger partial charge in [-0.25, -0.2) is 0 Å². The average molecular weight is 191 g/mol. The van der Waals surface area contributed by atoms with E-state index in [1.54, 1.807) is 0 Å². The van der Waals surface area contributed by atoms with E-state index in [0.29, 0.717) is 5.88 Å². The Balaban J connectivity index is 2.74. The van der Waals surface area contributed by atoms with Crippen LogP contribution in [0.1, 0.15) is 5.56 Å². The van der Waals surface area contributed by atoms with E-state index in [0.717, 1.165) is 11.3 Å². The van der Waals surface area contributed by atoms with Crippen LogP contribution in [-0.4, -0.2) is 6.07 Å². The molecule has 0 fully saturated rings. The standard InChI is InChI=1S/C8H8Cl2O/c9-5-7-2-1-3-8(4-7)11-6-10/h1-4H,5-6H2. The summed E-state index contributed by atoms with van der Waals surface area (Å²) in [7, 11) is 0. The lowest BCUT2D eigenvalue weighted by Gasteiger charge is -2.01. The lowest BCUT2D eigenvalue weighted by molar-refractivity contribution is 0.387. The summed E-state index contributed by atoms with van der Waals surface area (Å²) in [5.41, 5.74) is 1.04. The number of hydrogen-bond acceptors (Lipinski definition) is 1. The Bertz CT molecular complexity index is 225. The number of hydrogen-bond donors (Lipinski definition) is 0. The molecule has 60 valence electrons. The van der Waals surface area contributed by atoms with E-state index in [-0.39, 0.29) is 6.07 Å². The molecule has 0 bridgehead atoms. The minimum atomic E-state index is 0.172. The maximum absolute atomic E-state index is 5.61. The van der Waals surface area contributed by atoms with Gasteiger partial charge in [0.15, 0.2) is 6.07 Å². The van der Waals surface area contributed by atoms with Crippen molar-refractivity contribution in [3.63, 3.8) is 0 Å². The molecule has 1 aromatic carbocycles. The lowest BCUT2D eigenvalue weighted by atomic mass is 10.2. The van der Waals surface area contributed by atoms with Crippen LogP contribution < -0.4 is 4.74 Å². The van der Waals surface area contributed by atoms with Gasteiger partial charge in [-0.15, -0.1) is 11.6 Å². The number of rotatable bonds is 3. The zero-order valence-corrected chi connectivity index (χ0v) is 7.40. The van der Waals surface area contributed by atoms with Crippen LogP contribution in [0.15, 0.2) is 24.3 Å². The van der Waals surface area contributed by atoms with E-state index in [2.05, 4.69) is 0 Å². The predicted molar refractivity (Wildman–Crippen MR) is 47.3 cm³/mol. The summed E-state index contributed by atoms with van der Waals surface area (Å²) in [6, 6.07) is 7.72. The molecule has 0 spiro atoms. The van der Waals surface area contributed by atoms with Crippen LogP contribution in [0, 0.1) is 0 Å². The fraction of sp³-hybridized carbons (Fsp3) is 0.250. The monoisotopic (exact) mass is 190 g/mol. The Morgan fingerprint density at radius 3 is 2.73 bits per heavy atom. The normalized spacial score (nSPS) is 9.64. The van der Waals surface area contributed by atoms with Crippen LogP contribution in [0.5, 0.6) is 5.75 Å². The van der Waals surface area contributed by atoms with Gasteiger partial charge in [0.25, 0.3) is 0 Å².